The Morgan fingerprint density at radius 1 is 1.32 bits per heavy atom. The molecule has 0 aliphatic rings. The maximum atomic E-state index is 11.0. The SMILES string of the molecule is Nc1c(-c2cccc([N+](=O)[O-])c2)nc2ccc(C(=O)O)cn12. The van der Waals surface area contributed by atoms with Crippen LogP contribution in [-0.4, -0.2) is 25.4 Å². The number of pyridine rings is 1. The van der Waals surface area contributed by atoms with Gasteiger partial charge in [0, 0.05) is 23.9 Å². The maximum absolute atomic E-state index is 11.0. The van der Waals surface area contributed by atoms with Crippen molar-refractivity contribution >= 4 is 23.1 Å². The minimum atomic E-state index is -1.08. The fourth-order valence-corrected chi connectivity index (χ4v) is 2.17. The second-order valence-electron chi connectivity index (χ2n) is 4.60. The van der Waals surface area contributed by atoms with Crippen LogP contribution in [0.5, 0.6) is 0 Å². The van der Waals surface area contributed by atoms with E-state index in [9.17, 15) is 14.9 Å². The molecular formula is C14H10N4O4. The summed E-state index contributed by atoms with van der Waals surface area (Å²) in [6.45, 7) is 0. The lowest BCUT2D eigenvalue weighted by molar-refractivity contribution is -0.384. The largest absolute Gasteiger partial charge is 0.478 e. The van der Waals surface area contributed by atoms with E-state index in [0.717, 1.165) is 0 Å². The van der Waals surface area contributed by atoms with Crippen molar-refractivity contribution in [2.24, 2.45) is 0 Å². The number of aromatic nitrogens is 2. The summed E-state index contributed by atoms with van der Waals surface area (Å²) in [5, 5.41) is 19.9. The quantitative estimate of drug-likeness (QED) is 0.564. The van der Waals surface area contributed by atoms with E-state index in [2.05, 4.69) is 4.98 Å². The first kappa shape index (κ1) is 13.6. The molecule has 3 N–H and O–H groups in total. The first-order valence-corrected chi connectivity index (χ1v) is 6.23. The molecule has 3 aromatic rings. The minimum Gasteiger partial charge on any atom is -0.478 e. The van der Waals surface area contributed by atoms with Gasteiger partial charge in [0.1, 0.15) is 17.2 Å². The number of aromatic carboxylic acids is 1. The Balaban J connectivity index is 2.19. The fraction of sp³-hybridized carbons (Fsp3) is 0. The van der Waals surface area contributed by atoms with E-state index < -0.39 is 10.9 Å². The molecule has 0 bridgehead atoms. The monoisotopic (exact) mass is 298 g/mol. The second kappa shape index (κ2) is 4.85. The van der Waals surface area contributed by atoms with Crippen LogP contribution in [0.1, 0.15) is 10.4 Å². The van der Waals surface area contributed by atoms with E-state index in [1.807, 2.05) is 0 Å². The highest BCUT2D eigenvalue weighted by molar-refractivity contribution is 5.88. The molecular weight excluding hydrogens is 288 g/mol. The minimum absolute atomic E-state index is 0.0693. The van der Waals surface area contributed by atoms with Crippen LogP contribution in [0.2, 0.25) is 0 Å². The molecule has 0 aliphatic heterocycles. The third-order valence-corrected chi connectivity index (χ3v) is 3.23. The predicted molar refractivity (Wildman–Crippen MR) is 78.7 cm³/mol. The lowest BCUT2D eigenvalue weighted by Crippen LogP contribution is -2.00. The Morgan fingerprint density at radius 3 is 2.77 bits per heavy atom. The van der Waals surface area contributed by atoms with Gasteiger partial charge < -0.3 is 10.8 Å². The number of nitrogens with zero attached hydrogens (tertiary/aromatic N) is 3. The van der Waals surface area contributed by atoms with Gasteiger partial charge in [0.25, 0.3) is 5.69 Å². The van der Waals surface area contributed by atoms with Crippen molar-refractivity contribution in [3.05, 3.63) is 58.3 Å². The molecule has 0 aliphatic carbocycles. The molecule has 22 heavy (non-hydrogen) atoms. The number of nitrogen functional groups attached to an aromatic ring is 1. The third-order valence-electron chi connectivity index (χ3n) is 3.23. The van der Waals surface area contributed by atoms with Crippen molar-refractivity contribution in [3.63, 3.8) is 0 Å². The molecule has 0 atom stereocenters. The molecule has 3 rings (SSSR count). The van der Waals surface area contributed by atoms with Crippen LogP contribution in [0, 0.1) is 10.1 Å². The van der Waals surface area contributed by atoms with Crippen LogP contribution < -0.4 is 5.73 Å². The number of nitrogens with two attached hydrogens (primary N) is 1. The summed E-state index contributed by atoms with van der Waals surface area (Å²) in [5.41, 5.74) is 7.33. The van der Waals surface area contributed by atoms with E-state index in [1.165, 1.54) is 34.9 Å². The first-order valence-electron chi connectivity index (χ1n) is 6.23. The van der Waals surface area contributed by atoms with Gasteiger partial charge in [-0.3, -0.25) is 14.5 Å². The number of nitro groups is 1. The number of hydrogen-bond donors (Lipinski definition) is 2. The zero-order valence-electron chi connectivity index (χ0n) is 11.1. The fourth-order valence-electron chi connectivity index (χ4n) is 2.17. The number of hydrogen-bond acceptors (Lipinski definition) is 5. The highest BCUT2D eigenvalue weighted by Crippen LogP contribution is 2.29. The number of carboxylic acids is 1. The number of non-ortho nitro benzene ring substituents is 1. The molecule has 0 spiro atoms. The molecule has 2 heterocycles. The Hall–Kier alpha value is -3.42. The van der Waals surface area contributed by atoms with E-state index in [4.69, 9.17) is 10.8 Å². The van der Waals surface area contributed by atoms with E-state index in [1.54, 1.807) is 12.1 Å². The van der Waals surface area contributed by atoms with Crippen LogP contribution in [0.3, 0.4) is 0 Å². The summed E-state index contributed by atoms with van der Waals surface area (Å²) in [6.07, 6.45) is 1.36. The summed E-state index contributed by atoms with van der Waals surface area (Å²) in [7, 11) is 0. The number of rotatable bonds is 3. The summed E-state index contributed by atoms with van der Waals surface area (Å²) < 4.78 is 1.44. The summed E-state index contributed by atoms with van der Waals surface area (Å²) >= 11 is 0. The van der Waals surface area contributed by atoms with Gasteiger partial charge in [-0.2, -0.15) is 0 Å². The van der Waals surface area contributed by atoms with Gasteiger partial charge in [0.15, 0.2) is 0 Å². The first-order chi connectivity index (χ1) is 10.5. The lowest BCUT2D eigenvalue weighted by Gasteiger charge is -2.00. The van der Waals surface area contributed by atoms with Crippen LogP contribution in [0.25, 0.3) is 16.9 Å². The summed E-state index contributed by atoms with van der Waals surface area (Å²) in [4.78, 5) is 25.7. The Kier molecular flexibility index (Phi) is 2.99. The van der Waals surface area contributed by atoms with E-state index in [-0.39, 0.29) is 17.1 Å². The molecule has 1 aromatic carbocycles. The van der Waals surface area contributed by atoms with Gasteiger partial charge in [-0.1, -0.05) is 12.1 Å². The van der Waals surface area contributed by atoms with Crippen molar-refractivity contribution < 1.29 is 14.8 Å². The van der Waals surface area contributed by atoms with Gasteiger partial charge in [-0.05, 0) is 12.1 Å². The number of anilines is 1. The number of nitro benzene ring substituents is 1. The summed E-state index contributed by atoms with van der Waals surface area (Å²) in [5.74, 6) is -0.856. The number of carboxylic acid groups (broad SMARTS) is 1. The molecule has 0 saturated heterocycles. The Bertz CT molecular complexity index is 916. The molecule has 0 radical (unpaired) electrons. The van der Waals surface area contributed by atoms with Crippen LogP contribution >= 0.6 is 0 Å². The molecule has 0 saturated carbocycles. The number of imidazole rings is 1. The molecule has 0 fully saturated rings. The Labute approximate surface area is 123 Å². The average molecular weight is 298 g/mol. The predicted octanol–water partition coefficient (Wildman–Crippen LogP) is 2.19. The zero-order chi connectivity index (χ0) is 15.9. The lowest BCUT2D eigenvalue weighted by atomic mass is 10.1. The molecule has 8 heteroatoms. The van der Waals surface area contributed by atoms with Gasteiger partial charge >= 0.3 is 5.97 Å². The van der Waals surface area contributed by atoms with Crippen molar-refractivity contribution in [3.8, 4) is 11.3 Å². The number of benzene rings is 1. The topological polar surface area (TPSA) is 124 Å². The van der Waals surface area contributed by atoms with Gasteiger partial charge in [-0.25, -0.2) is 9.78 Å². The molecule has 8 nitrogen and oxygen atoms in total. The number of fused-ring (bicyclic) bond motifs is 1. The smallest absolute Gasteiger partial charge is 0.337 e. The standard InChI is InChI=1S/C14H10N4O4/c15-13-12(8-2-1-3-10(6-8)18(21)22)16-11-5-4-9(14(19)20)7-17(11)13/h1-7H,15H2,(H,19,20). The molecule has 0 amide bonds. The highest BCUT2D eigenvalue weighted by atomic mass is 16.6. The van der Waals surface area contributed by atoms with Crippen LogP contribution in [-0.2, 0) is 0 Å². The van der Waals surface area contributed by atoms with Crippen LogP contribution in [0.4, 0.5) is 11.5 Å². The van der Waals surface area contributed by atoms with Gasteiger partial charge in [-0.15, -0.1) is 0 Å². The van der Waals surface area contributed by atoms with Gasteiger partial charge in [0.05, 0.1) is 10.5 Å². The second-order valence-corrected chi connectivity index (χ2v) is 4.60. The zero-order valence-corrected chi connectivity index (χ0v) is 11.1. The highest BCUT2D eigenvalue weighted by Gasteiger charge is 2.15. The van der Waals surface area contributed by atoms with Gasteiger partial charge in [0.2, 0.25) is 0 Å². The summed E-state index contributed by atoms with van der Waals surface area (Å²) in [6, 6.07) is 8.89. The van der Waals surface area contributed by atoms with Crippen molar-refractivity contribution in [2.45, 2.75) is 0 Å². The molecule has 110 valence electrons. The third kappa shape index (κ3) is 2.12. The maximum Gasteiger partial charge on any atom is 0.337 e. The van der Waals surface area contributed by atoms with E-state index in [0.29, 0.717) is 16.9 Å². The van der Waals surface area contributed by atoms with Crippen molar-refractivity contribution in [1.29, 1.82) is 0 Å². The van der Waals surface area contributed by atoms with Crippen molar-refractivity contribution in [1.82, 2.24) is 9.38 Å². The average Bonchev–Trinajstić information content (AvgIpc) is 2.84. The molecule has 2 aromatic heterocycles. The van der Waals surface area contributed by atoms with Crippen LogP contribution in [0.15, 0.2) is 42.6 Å². The Morgan fingerprint density at radius 2 is 2.09 bits per heavy atom. The van der Waals surface area contributed by atoms with Crippen molar-refractivity contribution in [2.75, 3.05) is 5.73 Å². The number of carbonyl (C=O) groups is 1. The van der Waals surface area contributed by atoms with E-state index >= 15 is 0 Å². The normalized spacial score (nSPS) is 10.7. The molecule has 0 unspecified atom stereocenters.